The Morgan fingerprint density at radius 2 is 1.90 bits per heavy atom. The molecule has 0 unspecified atom stereocenters. The van der Waals surface area contributed by atoms with Crippen molar-refractivity contribution in [2.75, 3.05) is 22.9 Å². The first-order valence-electron chi connectivity index (χ1n) is 13.8. The highest BCUT2D eigenvalue weighted by atomic mass is 35.5. The zero-order valence-electron chi connectivity index (χ0n) is 22.9. The van der Waals surface area contributed by atoms with Crippen LogP contribution in [0, 0.1) is 12.8 Å². The number of nitrogens with zero attached hydrogens (tertiary/aromatic N) is 3. The third kappa shape index (κ3) is 5.29. The molecule has 2 aromatic carbocycles. The highest BCUT2D eigenvalue weighted by Gasteiger charge is 2.43. The van der Waals surface area contributed by atoms with Crippen molar-refractivity contribution in [1.82, 2.24) is 10.3 Å². The summed E-state index contributed by atoms with van der Waals surface area (Å²) < 4.78 is 6.49. The van der Waals surface area contributed by atoms with Gasteiger partial charge in [0.1, 0.15) is 17.6 Å². The molecule has 2 saturated heterocycles. The fourth-order valence-corrected chi connectivity index (χ4v) is 6.44. The van der Waals surface area contributed by atoms with Crippen LogP contribution >= 0.6 is 23.8 Å². The van der Waals surface area contributed by atoms with Crippen molar-refractivity contribution < 1.29 is 14.3 Å². The number of aromatic carboxylic acids is 1. The predicted molar refractivity (Wildman–Crippen MR) is 166 cm³/mol. The summed E-state index contributed by atoms with van der Waals surface area (Å²) in [5, 5.41) is 14.1. The molecule has 0 amide bonds. The van der Waals surface area contributed by atoms with Crippen LogP contribution in [0.15, 0.2) is 77.3 Å². The largest absolute Gasteiger partial charge is 0.478 e. The predicted octanol–water partition coefficient (Wildman–Crippen LogP) is 7.42. The number of thiocarbonyl (C=S) groups is 1. The molecule has 2 N–H and O–H groups in total. The molecule has 4 heterocycles. The minimum Gasteiger partial charge on any atom is -0.478 e. The molecule has 210 valence electrons. The number of piperidine rings is 1. The maximum atomic E-state index is 11.4. The number of carboxylic acid groups (broad SMARTS) is 1. The maximum Gasteiger partial charge on any atom is 0.335 e. The van der Waals surface area contributed by atoms with Gasteiger partial charge in [-0.2, -0.15) is 0 Å². The van der Waals surface area contributed by atoms with Crippen molar-refractivity contribution in [2.24, 2.45) is 5.92 Å². The molecule has 4 aromatic rings. The van der Waals surface area contributed by atoms with E-state index in [4.69, 9.17) is 28.2 Å². The van der Waals surface area contributed by atoms with Gasteiger partial charge in [-0.3, -0.25) is 4.98 Å². The first-order valence-corrected chi connectivity index (χ1v) is 14.6. The quantitative estimate of drug-likeness (QED) is 0.226. The zero-order valence-corrected chi connectivity index (χ0v) is 24.5. The number of pyridine rings is 1. The van der Waals surface area contributed by atoms with Crippen LogP contribution in [0.1, 0.15) is 59.2 Å². The van der Waals surface area contributed by atoms with Gasteiger partial charge in [-0.05, 0) is 98.1 Å². The van der Waals surface area contributed by atoms with Gasteiger partial charge in [-0.15, -0.1) is 0 Å². The summed E-state index contributed by atoms with van der Waals surface area (Å²) in [5.74, 6) is 1.13. The molecule has 2 aliphatic rings. The van der Waals surface area contributed by atoms with E-state index in [2.05, 4.69) is 34.3 Å². The second-order valence-electron chi connectivity index (χ2n) is 10.8. The Morgan fingerprint density at radius 1 is 1.10 bits per heavy atom. The second-order valence-corrected chi connectivity index (χ2v) is 11.6. The number of furan rings is 1. The minimum atomic E-state index is -0.960. The van der Waals surface area contributed by atoms with Gasteiger partial charge in [0.05, 0.1) is 28.0 Å². The Kier molecular flexibility index (Phi) is 7.45. The highest BCUT2D eigenvalue weighted by molar-refractivity contribution is 7.80. The van der Waals surface area contributed by atoms with Crippen molar-refractivity contribution in [1.29, 1.82) is 0 Å². The number of rotatable bonds is 6. The molecule has 6 rings (SSSR count). The van der Waals surface area contributed by atoms with Gasteiger partial charge < -0.3 is 24.6 Å². The van der Waals surface area contributed by atoms with E-state index in [1.165, 1.54) is 0 Å². The van der Waals surface area contributed by atoms with Crippen LogP contribution in [0.5, 0.6) is 0 Å². The third-order valence-electron chi connectivity index (χ3n) is 8.09. The molecular weight excluding hydrogens is 556 g/mol. The summed E-state index contributed by atoms with van der Waals surface area (Å²) in [4.78, 5) is 20.5. The van der Waals surface area contributed by atoms with Gasteiger partial charge in [0.15, 0.2) is 5.11 Å². The number of benzene rings is 2. The van der Waals surface area contributed by atoms with E-state index >= 15 is 0 Å². The molecule has 0 spiro atoms. The van der Waals surface area contributed by atoms with Gasteiger partial charge in [-0.1, -0.05) is 30.7 Å². The monoisotopic (exact) mass is 586 g/mol. The highest BCUT2D eigenvalue weighted by Crippen LogP contribution is 2.44. The number of anilines is 2. The van der Waals surface area contributed by atoms with E-state index in [0.717, 1.165) is 60.0 Å². The average Bonchev–Trinajstić information content (AvgIpc) is 3.58. The van der Waals surface area contributed by atoms with Crippen LogP contribution < -0.4 is 15.1 Å². The van der Waals surface area contributed by atoms with Crippen LogP contribution in [0.4, 0.5) is 11.4 Å². The minimum absolute atomic E-state index is 0.240. The Labute approximate surface area is 249 Å². The number of hydrogen-bond donors (Lipinski definition) is 2. The molecule has 2 aliphatic heterocycles. The van der Waals surface area contributed by atoms with Crippen molar-refractivity contribution in [3.63, 3.8) is 0 Å². The summed E-state index contributed by atoms with van der Waals surface area (Å²) >= 11 is 12.8. The van der Waals surface area contributed by atoms with E-state index in [0.29, 0.717) is 21.7 Å². The van der Waals surface area contributed by atoms with Crippen molar-refractivity contribution in [3.05, 3.63) is 101 Å². The average molecular weight is 587 g/mol. The number of nitrogens with one attached hydrogen (secondary N) is 1. The van der Waals surface area contributed by atoms with Crippen molar-refractivity contribution >= 4 is 46.3 Å². The van der Waals surface area contributed by atoms with Crippen molar-refractivity contribution in [2.45, 2.75) is 38.8 Å². The second kappa shape index (κ2) is 11.2. The lowest BCUT2D eigenvalue weighted by Gasteiger charge is -2.33. The number of carboxylic acids is 1. The summed E-state index contributed by atoms with van der Waals surface area (Å²) in [6.45, 7) is 6.17. The first kappa shape index (κ1) is 27.3. The number of carbonyl (C=O) groups is 1. The molecule has 9 heteroatoms. The number of halogens is 1. The van der Waals surface area contributed by atoms with Gasteiger partial charge in [0.2, 0.25) is 0 Å². The van der Waals surface area contributed by atoms with Crippen LogP contribution in [0.2, 0.25) is 5.02 Å². The van der Waals surface area contributed by atoms with Gasteiger partial charge in [0, 0.05) is 30.5 Å². The summed E-state index contributed by atoms with van der Waals surface area (Å²) in [6.07, 6.45) is 4.09. The lowest BCUT2D eigenvalue weighted by atomic mass is 9.98. The Morgan fingerprint density at radius 3 is 2.59 bits per heavy atom. The summed E-state index contributed by atoms with van der Waals surface area (Å²) in [7, 11) is 0. The fraction of sp³-hybridized carbons (Fsp3) is 0.281. The molecule has 2 aromatic heterocycles. The van der Waals surface area contributed by atoms with Gasteiger partial charge >= 0.3 is 5.97 Å². The zero-order chi connectivity index (χ0) is 28.7. The summed E-state index contributed by atoms with van der Waals surface area (Å²) in [6, 6.07) is 20.3. The van der Waals surface area contributed by atoms with Crippen LogP contribution in [-0.2, 0) is 0 Å². The van der Waals surface area contributed by atoms with E-state index < -0.39 is 5.97 Å². The fourth-order valence-electron chi connectivity index (χ4n) is 5.80. The molecule has 0 saturated carbocycles. The molecule has 0 radical (unpaired) electrons. The standard InChI is InChI=1S/C32H31ClN4O3S/c1-19-12-15-36(16-13-19)26-9-7-22(18-24(26)33)37-30(29(35-32(37)41)25-5-3-4-14-34-25)28-11-10-27(40-28)23-8-6-21(31(38)39)17-20(23)2/h3-11,14,17-19,29-30H,12-13,15-16H2,1-2H3,(H,35,41)(H,38,39)/t29-,30+/m0/s1. The molecule has 0 aliphatic carbocycles. The maximum absolute atomic E-state index is 11.4. The number of aromatic nitrogens is 1. The van der Waals surface area contributed by atoms with Crippen molar-refractivity contribution in [3.8, 4) is 11.3 Å². The van der Waals surface area contributed by atoms with Crippen LogP contribution in [-0.4, -0.2) is 34.3 Å². The van der Waals surface area contributed by atoms with Gasteiger partial charge in [0.25, 0.3) is 0 Å². The Balaban J connectivity index is 1.38. The van der Waals surface area contributed by atoms with Crippen LogP contribution in [0.25, 0.3) is 11.3 Å². The van der Waals surface area contributed by atoms with E-state index in [-0.39, 0.29) is 17.6 Å². The smallest absolute Gasteiger partial charge is 0.335 e. The molecule has 2 atom stereocenters. The van der Waals surface area contributed by atoms with Crippen LogP contribution in [0.3, 0.4) is 0 Å². The van der Waals surface area contributed by atoms with Gasteiger partial charge in [-0.25, -0.2) is 4.79 Å². The molecule has 7 nitrogen and oxygen atoms in total. The third-order valence-corrected chi connectivity index (χ3v) is 8.71. The molecular formula is C32H31ClN4O3S. The summed E-state index contributed by atoms with van der Waals surface area (Å²) in [5.41, 5.74) is 4.64. The Bertz CT molecular complexity index is 1600. The Hall–Kier alpha value is -3.88. The topological polar surface area (TPSA) is 81.8 Å². The SMILES string of the molecule is Cc1cc(C(=O)O)ccc1-c1ccc([C@@H]2[C@H](c3ccccn3)NC(=S)N2c2ccc(N3CCC(C)CC3)c(Cl)c2)o1. The van der Waals surface area contributed by atoms with E-state index in [1.54, 1.807) is 24.4 Å². The first-order chi connectivity index (χ1) is 19.8. The molecule has 41 heavy (non-hydrogen) atoms. The molecule has 2 fully saturated rings. The molecule has 0 bridgehead atoms. The number of hydrogen-bond acceptors (Lipinski definition) is 5. The lowest BCUT2D eigenvalue weighted by molar-refractivity contribution is 0.0696. The van der Waals surface area contributed by atoms with E-state index in [1.807, 2.05) is 48.2 Å². The normalized spacial score (nSPS) is 19.4. The number of aryl methyl sites for hydroxylation is 1. The lowest BCUT2D eigenvalue weighted by Crippen LogP contribution is -2.33. The van der Waals surface area contributed by atoms with E-state index in [9.17, 15) is 9.90 Å².